The number of imidazole rings is 1. The summed E-state index contributed by atoms with van der Waals surface area (Å²) in [5.74, 6) is 0.321. The molecule has 0 spiro atoms. The van der Waals surface area contributed by atoms with E-state index in [1.54, 1.807) is 18.3 Å². The van der Waals surface area contributed by atoms with Gasteiger partial charge in [-0.1, -0.05) is 24.3 Å². The highest BCUT2D eigenvalue weighted by Crippen LogP contribution is 2.20. The fourth-order valence-electron chi connectivity index (χ4n) is 2.97. The fourth-order valence-corrected chi connectivity index (χ4v) is 2.97. The van der Waals surface area contributed by atoms with Gasteiger partial charge in [0.25, 0.3) is 5.91 Å². The molecule has 0 aliphatic rings. The van der Waals surface area contributed by atoms with E-state index in [4.69, 9.17) is 4.74 Å². The van der Waals surface area contributed by atoms with Gasteiger partial charge in [-0.3, -0.25) is 9.78 Å². The van der Waals surface area contributed by atoms with Gasteiger partial charge in [0.2, 0.25) is 0 Å². The normalized spacial score (nSPS) is 10.8. The number of ether oxygens (including phenoxy) is 1. The summed E-state index contributed by atoms with van der Waals surface area (Å²) in [7, 11) is 0. The highest BCUT2D eigenvalue weighted by molar-refractivity contribution is 5.96. The highest BCUT2D eigenvalue weighted by Gasteiger charge is 2.13. The van der Waals surface area contributed by atoms with Crippen molar-refractivity contribution in [3.05, 3.63) is 95.7 Å². The second-order valence-electron chi connectivity index (χ2n) is 6.44. The van der Waals surface area contributed by atoms with Crippen molar-refractivity contribution in [2.75, 3.05) is 0 Å². The lowest BCUT2D eigenvalue weighted by Crippen LogP contribution is -2.23. The molecule has 0 radical (unpaired) electrons. The standard InChI is InChI=1S/C22H20N4O2/c1-16-7-6-12-26-14-18(25-21(16)26)15-28-20-10-3-2-9-19(20)22(27)24-13-17-8-4-5-11-23-17/h2-12,14H,13,15H2,1H3,(H,24,27). The van der Waals surface area contributed by atoms with Crippen LogP contribution >= 0.6 is 0 Å². The molecule has 3 aromatic heterocycles. The molecular formula is C22H20N4O2. The molecule has 0 aliphatic heterocycles. The zero-order valence-electron chi connectivity index (χ0n) is 15.5. The zero-order valence-corrected chi connectivity index (χ0v) is 15.5. The largest absolute Gasteiger partial charge is 0.486 e. The maximum atomic E-state index is 12.6. The lowest BCUT2D eigenvalue weighted by molar-refractivity contribution is 0.0946. The number of fused-ring (bicyclic) bond motifs is 1. The van der Waals surface area contributed by atoms with E-state index >= 15 is 0 Å². The second-order valence-corrected chi connectivity index (χ2v) is 6.44. The molecule has 0 fully saturated rings. The number of hydrogen-bond acceptors (Lipinski definition) is 4. The van der Waals surface area contributed by atoms with Crippen molar-refractivity contribution in [2.24, 2.45) is 0 Å². The van der Waals surface area contributed by atoms with Crippen molar-refractivity contribution in [1.82, 2.24) is 19.7 Å². The van der Waals surface area contributed by atoms with Crippen LogP contribution in [0.25, 0.3) is 5.65 Å². The number of aryl methyl sites for hydroxylation is 1. The van der Waals surface area contributed by atoms with Crippen molar-refractivity contribution in [3.63, 3.8) is 0 Å². The van der Waals surface area contributed by atoms with E-state index < -0.39 is 0 Å². The molecule has 3 heterocycles. The first kappa shape index (κ1) is 17.7. The summed E-state index contributed by atoms with van der Waals surface area (Å²) in [5, 5.41) is 2.88. The summed E-state index contributed by atoms with van der Waals surface area (Å²) in [6, 6.07) is 16.8. The third-order valence-corrected chi connectivity index (χ3v) is 4.39. The number of carbonyl (C=O) groups is 1. The van der Waals surface area contributed by atoms with Gasteiger partial charge in [0.15, 0.2) is 0 Å². The Bertz CT molecular complexity index is 1110. The van der Waals surface area contributed by atoms with Crippen LogP contribution in [-0.4, -0.2) is 20.3 Å². The Morgan fingerprint density at radius 1 is 1.07 bits per heavy atom. The van der Waals surface area contributed by atoms with Gasteiger partial charge < -0.3 is 14.5 Å². The number of pyridine rings is 2. The quantitative estimate of drug-likeness (QED) is 0.562. The monoisotopic (exact) mass is 372 g/mol. The van der Waals surface area contributed by atoms with Crippen LogP contribution in [0, 0.1) is 6.92 Å². The van der Waals surface area contributed by atoms with Crippen LogP contribution in [0.4, 0.5) is 0 Å². The summed E-state index contributed by atoms with van der Waals surface area (Å²) >= 11 is 0. The van der Waals surface area contributed by atoms with Crippen molar-refractivity contribution in [1.29, 1.82) is 0 Å². The zero-order chi connectivity index (χ0) is 19.3. The summed E-state index contributed by atoms with van der Waals surface area (Å²) in [6.45, 7) is 2.67. The second kappa shape index (κ2) is 7.92. The van der Waals surface area contributed by atoms with Crippen LogP contribution in [0.3, 0.4) is 0 Å². The van der Waals surface area contributed by atoms with Gasteiger partial charge in [0.1, 0.15) is 18.0 Å². The predicted octanol–water partition coefficient (Wildman–Crippen LogP) is 3.55. The summed E-state index contributed by atoms with van der Waals surface area (Å²) in [5.41, 5.74) is 4.09. The molecule has 140 valence electrons. The molecule has 1 N–H and O–H groups in total. The lowest BCUT2D eigenvalue weighted by atomic mass is 10.2. The Hall–Kier alpha value is -3.67. The van der Waals surface area contributed by atoms with E-state index in [0.717, 1.165) is 22.6 Å². The first-order chi connectivity index (χ1) is 13.7. The average molecular weight is 372 g/mol. The molecule has 0 atom stereocenters. The van der Waals surface area contributed by atoms with E-state index in [9.17, 15) is 4.79 Å². The Labute approximate surface area is 162 Å². The first-order valence-corrected chi connectivity index (χ1v) is 9.04. The molecule has 0 unspecified atom stereocenters. The predicted molar refractivity (Wildman–Crippen MR) is 106 cm³/mol. The topological polar surface area (TPSA) is 68.5 Å². The van der Waals surface area contributed by atoms with Crippen LogP contribution in [0.15, 0.2) is 73.2 Å². The van der Waals surface area contributed by atoms with Gasteiger partial charge in [-0.25, -0.2) is 4.98 Å². The van der Waals surface area contributed by atoms with Gasteiger partial charge in [-0.2, -0.15) is 0 Å². The molecule has 0 saturated heterocycles. The number of amides is 1. The average Bonchev–Trinajstić information content (AvgIpc) is 3.16. The molecule has 1 aromatic carbocycles. The number of nitrogens with zero attached hydrogens (tertiary/aromatic N) is 3. The number of rotatable bonds is 6. The maximum Gasteiger partial charge on any atom is 0.255 e. The van der Waals surface area contributed by atoms with Crippen molar-refractivity contribution in [2.45, 2.75) is 20.1 Å². The Balaban J connectivity index is 1.46. The summed E-state index contributed by atoms with van der Waals surface area (Å²) in [4.78, 5) is 21.4. The number of para-hydroxylation sites is 1. The Morgan fingerprint density at radius 2 is 1.93 bits per heavy atom. The molecule has 4 rings (SSSR count). The number of benzene rings is 1. The number of hydrogen-bond donors (Lipinski definition) is 1. The van der Waals surface area contributed by atoms with Gasteiger partial charge in [-0.15, -0.1) is 0 Å². The van der Waals surface area contributed by atoms with E-state index in [1.165, 1.54) is 0 Å². The minimum atomic E-state index is -0.202. The molecule has 6 nitrogen and oxygen atoms in total. The molecule has 4 aromatic rings. The van der Waals surface area contributed by atoms with Gasteiger partial charge in [0.05, 0.1) is 23.5 Å². The SMILES string of the molecule is Cc1cccn2cc(COc3ccccc3C(=O)NCc3ccccn3)nc12. The third-order valence-electron chi connectivity index (χ3n) is 4.39. The van der Waals surface area contributed by atoms with Crippen molar-refractivity contribution < 1.29 is 9.53 Å². The van der Waals surface area contributed by atoms with E-state index in [-0.39, 0.29) is 12.5 Å². The smallest absolute Gasteiger partial charge is 0.255 e. The number of nitrogens with one attached hydrogen (secondary N) is 1. The minimum absolute atomic E-state index is 0.202. The summed E-state index contributed by atoms with van der Waals surface area (Å²) < 4.78 is 7.89. The molecule has 28 heavy (non-hydrogen) atoms. The van der Waals surface area contributed by atoms with Crippen LogP contribution < -0.4 is 10.1 Å². The van der Waals surface area contributed by atoms with E-state index in [2.05, 4.69) is 15.3 Å². The molecular weight excluding hydrogens is 352 g/mol. The molecule has 1 amide bonds. The van der Waals surface area contributed by atoms with Crippen molar-refractivity contribution >= 4 is 11.6 Å². The van der Waals surface area contributed by atoms with E-state index in [0.29, 0.717) is 17.9 Å². The van der Waals surface area contributed by atoms with Gasteiger partial charge in [-0.05, 0) is 42.8 Å². The summed E-state index contributed by atoms with van der Waals surface area (Å²) in [6.07, 6.45) is 5.60. The van der Waals surface area contributed by atoms with Crippen LogP contribution in [0.1, 0.15) is 27.3 Å². The fraction of sp³-hybridized carbons (Fsp3) is 0.136. The van der Waals surface area contributed by atoms with Crippen molar-refractivity contribution in [3.8, 4) is 5.75 Å². The highest BCUT2D eigenvalue weighted by atomic mass is 16.5. The molecule has 6 heteroatoms. The Morgan fingerprint density at radius 3 is 2.75 bits per heavy atom. The number of carbonyl (C=O) groups excluding carboxylic acids is 1. The maximum absolute atomic E-state index is 12.6. The van der Waals surface area contributed by atoms with E-state index in [1.807, 2.05) is 66.2 Å². The minimum Gasteiger partial charge on any atom is -0.486 e. The van der Waals surface area contributed by atoms with Gasteiger partial charge >= 0.3 is 0 Å². The van der Waals surface area contributed by atoms with Crippen LogP contribution in [0.2, 0.25) is 0 Å². The van der Waals surface area contributed by atoms with Crippen LogP contribution in [0.5, 0.6) is 5.75 Å². The molecule has 0 bridgehead atoms. The molecule has 0 saturated carbocycles. The first-order valence-electron chi connectivity index (χ1n) is 9.04. The number of aromatic nitrogens is 3. The third kappa shape index (κ3) is 3.86. The van der Waals surface area contributed by atoms with Crippen LogP contribution in [-0.2, 0) is 13.2 Å². The lowest BCUT2D eigenvalue weighted by Gasteiger charge is -2.11. The Kier molecular flexibility index (Phi) is 5.01. The molecule has 0 aliphatic carbocycles. The van der Waals surface area contributed by atoms with Gasteiger partial charge in [0, 0.05) is 18.6 Å².